The van der Waals surface area contributed by atoms with Crippen molar-refractivity contribution in [2.45, 2.75) is 12.8 Å². The third-order valence-electron chi connectivity index (χ3n) is 3.51. The Hall–Kier alpha value is -2.24. The van der Waals surface area contributed by atoms with Crippen LogP contribution in [-0.4, -0.2) is 30.1 Å². The van der Waals surface area contributed by atoms with Gasteiger partial charge in [0.2, 0.25) is 5.91 Å². The summed E-state index contributed by atoms with van der Waals surface area (Å²) in [4.78, 5) is 24.0. The second kappa shape index (κ2) is 5.17. The molecule has 5 N–H and O–H groups in total. The van der Waals surface area contributed by atoms with Crippen molar-refractivity contribution >= 4 is 23.3 Å². The van der Waals surface area contributed by atoms with E-state index in [2.05, 4.69) is 4.90 Å². The smallest absolute Gasteiger partial charge is 0.335 e. The number of nitrogen functional groups attached to an aromatic ring is 1. The number of anilines is 2. The summed E-state index contributed by atoms with van der Waals surface area (Å²) >= 11 is 0. The Labute approximate surface area is 111 Å². The van der Waals surface area contributed by atoms with E-state index >= 15 is 0 Å². The van der Waals surface area contributed by atoms with Crippen LogP contribution in [0.3, 0.4) is 0 Å². The molecule has 102 valence electrons. The Morgan fingerprint density at radius 1 is 1.26 bits per heavy atom. The van der Waals surface area contributed by atoms with Gasteiger partial charge in [-0.15, -0.1) is 0 Å². The summed E-state index contributed by atoms with van der Waals surface area (Å²) in [6.45, 7) is 1.40. The van der Waals surface area contributed by atoms with Crippen LogP contribution in [0.5, 0.6) is 0 Å². The molecule has 0 spiro atoms. The van der Waals surface area contributed by atoms with Gasteiger partial charge in [-0.05, 0) is 31.0 Å². The van der Waals surface area contributed by atoms with Crippen LogP contribution in [0.15, 0.2) is 18.2 Å². The van der Waals surface area contributed by atoms with Gasteiger partial charge in [-0.25, -0.2) is 4.79 Å². The first-order valence-electron chi connectivity index (χ1n) is 6.16. The summed E-state index contributed by atoms with van der Waals surface area (Å²) in [5.74, 6) is -1.32. The molecular weight excluding hydrogens is 246 g/mol. The Bertz CT molecular complexity index is 508. The normalized spacial score (nSPS) is 16.3. The minimum absolute atomic E-state index is 0.0734. The number of carbonyl (C=O) groups excluding carboxylic acids is 1. The molecule has 1 fully saturated rings. The highest BCUT2D eigenvalue weighted by atomic mass is 16.4. The SMILES string of the molecule is NC(=O)C1CCN(c2ccc(C(=O)O)cc2N)CC1. The Morgan fingerprint density at radius 3 is 2.37 bits per heavy atom. The second-order valence-electron chi connectivity index (χ2n) is 4.74. The number of carbonyl (C=O) groups is 2. The number of nitrogens with two attached hydrogens (primary N) is 2. The van der Waals surface area contributed by atoms with Gasteiger partial charge in [-0.2, -0.15) is 0 Å². The number of benzene rings is 1. The third-order valence-corrected chi connectivity index (χ3v) is 3.51. The Morgan fingerprint density at radius 2 is 1.89 bits per heavy atom. The maximum absolute atomic E-state index is 11.1. The molecule has 0 atom stereocenters. The number of carboxylic acid groups (broad SMARTS) is 1. The van der Waals surface area contributed by atoms with E-state index in [0.29, 0.717) is 31.6 Å². The number of aromatic carboxylic acids is 1. The van der Waals surface area contributed by atoms with Crippen LogP contribution >= 0.6 is 0 Å². The third kappa shape index (κ3) is 2.78. The van der Waals surface area contributed by atoms with Gasteiger partial charge < -0.3 is 21.5 Å². The van der Waals surface area contributed by atoms with Gasteiger partial charge in [0, 0.05) is 19.0 Å². The van der Waals surface area contributed by atoms with Crippen LogP contribution in [0, 0.1) is 5.92 Å². The zero-order chi connectivity index (χ0) is 14.0. The van der Waals surface area contributed by atoms with E-state index in [1.807, 2.05) is 0 Å². The van der Waals surface area contributed by atoms with Crippen molar-refractivity contribution in [1.29, 1.82) is 0 Å². The molecule has 6 nitrogen and oxygen atoms in total. The predicted octanol–water partition coefficient (Wildman–Crippen LogP) is 0.669. The van der Waals surface area contributed by atoms with Crippen LogP contribution in [0.4, 0.5) is 11.4 Å². The van der Waals surface area contributed by atoms with Gasteiger partial charge in [0.05, 0.1) is 16.9 Å². The van der Waals surface area contributed by atoms with E-state index in [9.17, 15) is 9.59 Å². The highest BCUT2D eigenvalue weighted by Crippen LogP contribution is 2.28. The monoisotopic (exact) mass is 263 g/mol. The highest BCUT2D eigenvalue weighted by Gasteiger charge is 2.24. The topological polar surface area (TPSA) is 110 Å². The molecular formula is C13H17N3O3. The summed E-state index contributed by atoms with van der Waals surface area (Å²) in [6, 6.07) is 4.70. The maximum Gasteiger partial charge on any atom is 0.335 e. The van der Waals surface area contributed by atoms with Crippen LogP contribution < -0.4 is 16.4 Å². The fourth-order valence-corrected chi connectivity index (χ4v) is 2.38. The lowest BCUT2D eigenvalue weighted by atomic mass is 9.95. The molecule has 1 amide bonds. The number of hydrogen-bond acceptors (Lipinski definition) is 4. The van der Waals surface area contributed by atoms with Crippen molar-refractivity contribution in [2.75, 3.05) is 23.7 Å². The van der Waals surface area contributed by atoms with Crippen LogP contribution in [0.2, 0.25) is 0 Å². The molecule has 0 bridgehead atoms. The lowest BCUT2D eigenvalue weighted by Gasteiger charge is -2.33. The molecule has 0 unspecified atom stereocenters. The average molecular weight is 263 g/mol. The first-order chi connectivity index (χ1) is 8.99. The standard InChI is InChI=1S/C13H17N3O3/c14-10-7-9(13(18)19)1-2-11(10)16-5-3-8(4-6-16)12(15)17/h1-2,7-8H,3-6,14H2,(H2,15,17)(H,18,19). The van der Waals surface area contributed by atoms with Crippen LogP contribution in [0.25, 0.3) is 0 Å². The molecule has 19 heavy (non-hydrogen) atoms. The molecule has 2 rings (SSSR count). The molecule has 0 radical (unpaired) electrons. The molecule has 0 saturated carbocycles. The molecule has 1 aromatic carbocycles. The first-order valence-corrected chi connectivity index (χ1v) is 6.16. The first kappa shape index (κ1) is 13.2. The summed E-state index contributed by atoms with van der Waals surface area (Å²) in [5.41, 5.74) is 12.6. The van der Waals surface area contributed by atoms with Gasteiger partial charge >= 0.3 is 5.97 Å². The van der Waals surface area contributed by atoms with Crippen LogP contribution in [0.1, 0.15) is 23.2 Å². The quantitative estimate of drug-likeness (QED) is 0.694. The van der Waals surface area contributed by atoms with E-state index in [1.165, 1.54) is 12.1 Å². The highest BCUT2D eigenvalue weighted by molar-refractivity contribution is 5.90. The summed E-state index contributed by atoms with van der Waals surface area (Å²) in [5, 5.41) is 8.89. The van der Waals surface area contributed by atoms with Crippen molar-refractivity contribution in [2.24, 2.45) is 11.7 Å². The number of piperidine rings is 1. The maximum atomic E-state index is 11.1. The summed E-state index contributed by atoms with van der Waals surface area (Å²) < 4.78 is 0. The zero-order valence-corrected chi connectivity index (χ0v) is 10.5. The van der Waals surface area contributed by atoms with Gasteiger partial charge in [0.25, 0.3) is 0 Å². The zero-order valence-electron chi connectivity index (χ0n) is 10.5. The van der Waals surface area contributed by atoms with Crippen molar-refractivity contribution in [3.63, 3.8) is 0 Å². The minimum Gasteiger partial charge on any atom is -0.478 e. The fraction of sp³-hybridized carbons (Fsp3) is 0.385. The number of rotatable bonds is 3. The number of nitrogens with zero attached hydrogens (tertiary/aromatic N) is 1. The van der Waals surface area contributed by atoms with Gasteiger partial charge in [-0.3, -0.25) is 4.79 Å². The van der Waals surface area contributed by atoms with Crippen molar-refractivity contribution < 1.29 is 14.7 Å². The second-order valence-corrected chi connectivity index (χ2v) is 4.74. The Kier molecular flexibility index (Phi) is 3.59. The van der Waals surface area contributed by atoms with E-state index < -0.39 is 5.97 Å². The van der Waals surface area contributed by atoms with Crippen molar-refractivity contribution in [1.82, 2.24) is 0 Å². The van der Waals surface area contributed by atoms with Gasteiger partial charge in [-0.1, -0.05) is 0 Å². The molecule has 1 saturated heterocycles. The molecule has 1 aliphatic heterocycles. The van der Waals surface area contributed by atoms with Gasteiger partial charge in [0.1, 0.15) is 0 Å². The largest absolute Gasteiger partial charge is 0.478 e. The van der Waals surface area contributed by atoms with Gasteiger partial charge in [0.15, 0.2) is 0 Å². The number of primary amides is 1. The minimum atomic E-state index is -0.995. The molecule has 0 aliphatic carbocycles. The predicted molar refractivity (Wildman–Crippen MR) is 71.9 cm³/mol. The van der Waals surface area contributed by atoms with Crippen molar-refractivity contribution in [3.8, 4) is 0 Å². The average Bonchev–Trinajstić information content (AvgIpc) is 2.38. The molecule has 1 aliphatic rings. The fourth-order valence-electron chi connectivity index (χ4n) is 2.38. The van der Waals surface area contributed by atoms with E-state index in [4.69, 9.17) is 16.6 Å². The lowest BCUT2D eigenvalue weighted by Crippen LogP contribution is -2.38. The molecule has 1 heterocycles. The lowest BCUT2D eigenvalue weighted by molar-refractivity contribution is -0.122. The molecule has 1 aromatic rings. The van der Waals surface area contributed by atoms with Crippen LogP contribution in [-0.2, 0) is 4.79 Å². The Balaban J connectivity index is 2.11. The number of hydrogen-bond donors (Lipinski definition) is 3. The number of amides is 1. The summed E-state index contributed by atoms with van der Waals surface area (Å²) in [7, 11) is 0. The van der Waals surface area contributed by atoms with Crippen molar-refractivity contribution in [3.05, 3.63) is 23.8 Å². The molecule has 6 heteroatoms. The van der Waals surface area contributed by atoms with E-state index in [-0.39, 0.29) is 17.4 Å². The summed E-state index contributed by atoms with van der Waals surface area (Å²) in [6.07, 6.45) is 1.41. The van der Waals surface area contributed by atoms with E-state index in [0.717, 1.165) is 5.69 Å². The van der Waals surface area contributed by atoms with E-state index in [1.54, 1.807) is 6.07 Å². The molecule has 0 aromatic heterocycles. The number of carboxylic acids is 1.